The third-order valence-corrected chi connectivity index (χ3v) is 5.62. The second-order valence-corrected chi connectivity index (χ2v) is 7.85. The molecule has 0 spiro atoms. The average molecular weight is 416 g/mol. The molecule has 9 heteroatoms. The van der Waals surface area contributed by atoms with E-state index in [4.69, 9.17) is 0 Å². The van der Waals surface area contributed by atoms with Gasteiger partial charge in [-0.15, -0.1) is 0 Å². The van der Waals surface area contributed by atoms with Crippen LogP contribution in [0.2, 0.25) is 0 Å². The first-order valence-corrected chi connectivity index (χ1v) is 10.5. The van der Waals surface area contributed by atoms with Gasteiger partial charge < -0.3 is 15.6 Å². The smallest absolute Gasteiger partial charge is 0.254 e. The molecule has 2 aromatic heterocycles. The molecule has 1 unspecified atom stereocenters. The van der Waals surface area contributed by atoms with E-state index in [1.165, 1.54) is 18.4 Å². The highest BCUT2D eigenvalue weighted by Gasteiger charge is 2.30. The number of aromatic nitrogens is 3. The van der Waals surface area contributed by atoms with Crippen LogP contribution < -0.4 is 16.1 Å². The summed E-state index contributed by atoms with van der Waals surface area (Å²) >= 11 is 0. The van der Waals surface area contributed by atoms with Crippen molar-refractivity contribution in [2.45, 2.75) is 32.2 Å². The summed E-state index contributed by atoms with van der Waals surface area (Å²) in [5.41, 5.74) is 8.88. The lowest BCUT2D eigenvalue weighted by atomic mass is 9.98. The number of hydrogen-bond donors (Lipinski definition) is 4. The number of hydrogen-bond acceptors (Lipinski definition) is 7. The predicted molar refractivity (Wildman–Crippen MR) is 119 cm³/mol. The molecule has 2 aliphatic heterocycles. The van der Waals surface area contributed by atoms with Gasteiger partial charge in [0.1, 0.15) is 5.92 Å². The van der Waals surface area contributed by atoms with E-state index in [-0.39, 0.29) is 5.91 Å². The van der Waals surface area contributed by atoms with Crippen molar-refractivity contribution in [3.63, 3.8) is 0 Å². The minimum absolute atomic E-state index is 0.189. The Labute approximate surface area is 179 Å². The number of nitrogens with one attached hydrogen (secondary N) is 4. The number of aliphatic imine (C=N–C) groups is 1. The summed E-state index contributed by atoms with van der Waals surface area (Å²) in [5.74, 6) is -0.715. The van der Waals surface area contributed by atoms with Crippen LogP contribution in [0.3, 0.4) is 0 Å². The van der Waals surface area contributed by atoms with Crippen molar-refractivity contribution in [3.8, 4) is 11.3 Å². The van der Waals surface area contributed by atoms with Crippen LogP contribution in [-0.2, 0) is 11.2 Å². The largest absolute Gasteiger partial charge is 0.359 e. The first-order valence-electron chi connectivity index (χ1n) is 10.5. The van der Waals surface area contributed by atoms with Crippen molar-refractivity contribution < 1.29 is 4.79 Å². The molecule has 4 N–H and O–H groups in total. The van der Waals surface area contributed by atoms with Crippen molar-refractivity contribution >= 4 is 23.9 Å². The number of nitrogens with zero attached hydrogens (tertiary/aromatic N) is 4. The molecular weight excluding hydrogens is 392 g/mol. The van der Waals surface area contributed by atoms with E-state index in [0.717, 1.165) is 41.3 Å². The van der Waals surface area contributed by atoms with E-state index in [0.29, 0.717) is 11.8 Å². The lowest BCUT2D eigenvalue weighted by molar-refractivity contribution is -0.120. The van der Waals surface area contributed by atoms with Gasteiger partial charge in [-0.3, -0.25) is 19.8 Å². The van der Waals surface area contributed by atoms with E-state index < -0.39 is 5.92 Å². The molecule has 1 amide bonds. The Bertz CT molecular complexity index is 1110. The van der Waals surface area contributed by atoms with Gasteiger partial charge in [0.25, 0.3) is 5.91 Å². The lowest BCUT2D eigenvalue weighted by Gasteiger charge is -2.16. The highest BCUT2D eigenvalue weighted by atomic mass is 16.2. The molecule has 158 valence electrons. The van der Waals surface area contributed by atoms with E-state index in [9.17, 15) is 4.79 Å². The van der Waals surface area contributed by atoms with Gasteiger partial charge in [-0.25, -0.2) is 5.43 Å². The summed E-state index contributed by atoms with van der Waals surface area (Å²) in [5, 5.41) is 10.7. The number of hydrazone groups is 1. The van der Waals surface area contributed by atoms with Crippen molar-refractivity contribution in [2.24, 2.45) is 16.0 Å². The van der Waals surface area contributed by atoms with Gasteiger partial charge in [-0.05, 0) is 44.4 Å². The zero-order chi connectivity index (χ0) is 21.2. The van der Waals surface area contributed by atoms with Crippen LogP contribution in [0.25, 0.3) is 17.3 Å². The van der Waals surface area contributed by atoms with Gasteiger partial charge in [0.15, 0.2) is 0 Å². The number of H-pyrrole nitrogens is 1. The summed E-state index contributed by atoms with van der Waals surface area (Å²) in [6.45, 7) is 2.99. The second kappa shape index (κ2) is 8.27. The van der Waals surface area contributed by atoms with Crippen molar-refractivity contribution in [2.75, 3.05) is 6.54 Å². The first-order chi connectivity index (χ1) is 15.2. The van der Waals surface area contributed by atoms with Gasteiger partial charge in [0, 0.05) is 48.3 Å². The number of aryl methyl sites for hydroxylation is 1. The van der Waals surface area contributed by atoms with Crippen LogP contribution in [0.1, 0.15) is 29.8 Å². The molecule has 0 bridgehead atoms. The number of amides is 1. The predicted octanol–water partition coefficient (Wildman–Crippen LogP) is 1.66. The first kappa shape index (κ1) is 19.4. The highest BCUT2D eigenvalue weighted by Crippen LogP contribution is 2.31. The zero-order valence-corrected chi connectivity index (χ0v) is 17.2. The summed E-state index contributed by atoms with van der Waals surface area (Å²) in [6.07, 6.45) is 15.5. The van der Waals surface area contributed by atoms with E-state index in [2.05, 4.69) is 48.0 Å². The minimum Gasteiger partial charge on any atom is -0.359 e. The molecule has 3 aliphatic rings. The van der Waals surface area contributed by atoms with Gasteiger partial charge >= 0.3 is 0 Å². The molecule has 1 atom stereocenters. The van der Waals surface area contributed by atoms with Crippen molar-refractivity contribution in [1.29, 1.82) is 0 Å². The standard InChI is InChI=1S/C22H24N8O/c1-13-15(4-5-24-14-2-3-14)20(19-12-23-6-7-26-19)17(29-13)10-18-21(27-9-8-25-18)16-11-28-30-22(16)31/h6-12,14,16,24-25,29H,2-5H2,1H3,(H,30,31). The van der Waals surface area contributed by atoms with Gasteiger partial charge in [0.2, 0.25) is 0 Å². The monoisotopic (exact) mass is 416 g/mol. The Hall–Kier alpha value is -3.59. The van der Waals surface area contributed by atoms with Crippen LogP contribution in [-0.4, -0.2) is 45.4 Å². The average Bonchev–Trinajstić information content (AvgIpc) is 3.43. The molecule has 1 fully saturated rings. The quantitative estimate of drug-likeness (QED) is 0.547. The summed E-state index contributed by atoms with van der Waals surface area (Å²) < 4.78 is 0. The normalized spacial score (nSPS) is 21.3. The van der Waals surface area contributed by atoms with Crippen LogP contribution in [0.4, 0.5) is 0 Å². The summed E-state index contributed by atoms with van der Waals surface area (Å²) in [4.78, 5) is 29.0. The van der Waals surface area contributed by atoms with Gasteiger partial charge in [0.05, 0.1) is 29.0 Å². The Morgan fingerprint density at radius 3 is 2.94 bits per heavy atom. The Morgan fingerprint density at radius 1 is 1.29 bits per heavy atom. The molecule has 9 nitrogen and oxygen atoms in total. The highest BCUT2D eigenvalue weighted by molar-refractivity contribution is 6.24. The molecular formula is C22H24N8O. The molecule has 31 heavy (non-hydrogen) atoms. The van der Waals surface area contributed by atoms with Gasteiger partial charge in [-0.1, -0.05) is 0 Å². The van der Waals surface area contributed by atoms with E-state index in [1.807, 2.05) is 6.08 Å². The number of rotatable bonds is 7. The molecule has 5 rings (SSSR count). The Kier molecular flexibility index (Phi) is 5.17. The maximum Gasteiger partial charge on any atom is 0.254 e. The SMILES string of the molecule is Cc1[nH]c(C=C2NC=CN=C2C2C=NNC2=O)c(-c2cnccn2)c1CCNC1CC1. The molecule has 0 radical (unpaired) electrons. The number of carbonyl (C=O) groups is 1. The maximum atomic E-state index is 12.2. The molecule has 0 aromatic carbocycles. The third kappa shape index (κ3) is 4.04. The van der Waals surface area contributed by atoms with Crippen LogP contribution >= 0.6 is 0 Å². The fourth-order valence-electron chi connectivity index (χ4n) is 3.92. The van der Waals surface area contributed by atoms with E-state index >= 15 is 0 Å². The fraction of sp³-hybridized carbons (Fsp3) is 0.318. The molecule has 2 aromatic rings. The third-order valence-electron chi connectivity index (χ3n) is 5.62. The van der Waals surface area contributed by atoms with Gasteiger partial charge in [-0.2, -0.15) is 5.10 Å². The van der Waals surface area contributed by atoms with Crippen molar-refractivity contribution in [3.05, 3.63) is 53.6 Å². The fourth-order valence-corrected chi connectivity index (χ4v) is 3.92. The van der Waals surface area contributed by atoms with Crippen molar-refractivity contribution in [1.82, 2.24) is 31.0 Å². The lowest BCUT2D eigenvalue weighted by Crippen LogP contribution is -2.32. The summed E-state index contributed by atoms with van der Waals surface area (Å²) in [7, 11) is 0. The Morgan fingerprint density at radius 2 is 2.19 bits per heavy atom. The molecule has 1 saturated carbocycles. The van der Waals surface area contributed by atoms with Crippen LogP contribution in [0, 0.1) is 12.8 Å². The number of aromatic amines is 1. The van der Waals surface area contributed by atoms with E-state index in [1.54, 1.807) is 37.2 Å². The topological polar surface area (TPSA) is 119 Å². The summed E-state index contributed by atoms with van der Waals surface area (Å²) in [6, 6.07) is 0.664. The zero-order valence-electron chi connectivity index (χ0n) is 17.2. The van der Waals surface area contributed by atoms with Crippen LogP contribution in [0.5, 0.6) is 0 Å². The van der Waals surface area contributed by atoms with Crippen LogP contribution in [0.15, 0.2) is 46.8 Å². The Balaban J connectivity index is 1.53. The second-order valence-electron chi connectivity index (χ2n) is 7.85. The maximum absolute atomic E-state index is 12.2. The molecule has 1 aliphatic carbocycles. The number of carbonyl (C=O) groups excluding carboxylic acids is 1. The molecule has 4 heterocycles. The number of allylic oxidation sites excluding steroid dienone is 1. The minimum atomic E-state index is -0.526. The molecule has 0 saturated heterocycles.